The Morgan fingerprint density at radius 1 is 1.56 bits per heavy atom. The van der Waals surface area contributed by atoms with E-state index in [1.165, 1.54) is 7.11 Å². The Balaban J connectivity index is 2.50. The van der Waals surface area contributed by atoms with E-state index >= 15 is 0 Å². The Labute approximate surface area is 96.2 Å². The van der Waals surface area contributed by atoms with Crippen LogP contribution in [0.2, 0.25) is 0 Å². The summed E-state index contributed by atoms with van der Waals surface area (Å²) in [5.74, 6) is -0.188. The highest BCUT2D eigenvalue weighted by atomic mass is 16.5. The molecule has 0 fully saturated rings. The number of furan rings is 1. The molecule has 1 aromatic heterocycles. The zero-order valence-electron chi connectivity index (χ0n) is 10.3. The van der Waals surface area contributed by atoms with Gasteiger partial charge < -0.3 is 14.1 Å². The smallest absolute Gasteiger partial charge is 0.312 e. The Morgan fingerprint density at radius 2 is 2.25 bits per heavy atom. The van der Waals surface area contributed by atoms with Gasteiger partial charge in [-0.2, -0.15) is 0 Å². The molecule has 0 radical (unpaired) electrons. The lowest BCUT2D eigenvalue weighted by Gasteiger charge is -2.27. The maximum absolute atomic E-state index is 11.5. The highest BCUT2D eigenvalue weighted by molar-refractivity contribution is 5.76. The molecule has 0 unspecified atom stereocenters. The van der Waals surface area contributed by atoms with Crippen LogP contribution in [0.1, 0.15) is 19.4 Å². The molecule has 4 heteroatoms. The zero-order valence-corrected chi connectivity index (χ0v) is 10.3. The Hall–Kier alpha value is -1.29. The molecule has 90 valence electrons. The van der Waals surface area contributed by atoms with E-state index in [0.717, 1.165) is 12.1 Å². The van der Waals surface area contributed by atoms with Crippen molar-refractivity contribution in [2.45, 2.75) is 20.4 Å². The lowest BCUT2D eigenvalue weighted by molar-refractivity contribution is -0.151. The molecule has 4 nitrogen and oxygen atoms in total. The lowest BCUT2D eigenvalue weighted by Crippen LogP contribution is -2.37. The van der Waals surface area contributed by atoms with E-state index in [1.807, 2.05) is 27.0 Å². The number of hydrogen-bond donors (Lipinski definition) is 0. The minimum absolute atomic E-state index is 0.188. The van der Waals surface area contributed by atoms with Gasteiger partial charge in [-0.3, -0.25) is 4.79 Å². The molecular formula is C12H19NO3. The molecule has 1 heterocycles. The van der Waals surface area contributed by atoms with Gasteiger partial charge in [-0.25, -0.2) is 0 Å². The van der Waals surface area contributed by atoms with Crippen molar-refractivity contribution in [2.24, 2.45) is 5.41 Å². The predicted octanol–water partition coefficient (Wildman–Crippen LogP) is 1.91. The molecule has 0 spiro atoms. The Morgan fingerprint density at radius 3 is 2.75 bits per heavy atom. The Kier molecular flexibility index (Phi) is 4.12. The molecule has 0 aromatic carbocycles. The van der Waals surface area contributed by atoms with Crippen LogP contribution in [0.4, 0.5) is 0 Å². The number of nitrogens with zero attached hydrogens (tertiary/aromatic N) is 1. The number of esters is 1. The second kappa shape index (κ2) is 5.16. The fraction of sp³-hybridized carbons (Fsp3) is 0.583. The molecule has 0 N–H and O–H groups in total. The first kappa shape index (κ1) is 12.8. The van der Waals surface area contributed by atoms with Crippen LogP contribution in [-0.2, 0) is 16.1 Å². The topological polar surface area (TPSA) is 42.7 Å². The predicted molar refractivity (Wildman–Crippen MR) is 60.8 cm³/mol. The van der Waals surface area contributed by atoms with Crippen molar-refractivity contribution in [2.75, 3.05) is 20.7 Å². The van der Waals surface area contributed by atoms with Crippen molar-refractivity contribution >= 4 is 5.97 Å². The van der Waals surface area contributed by atoms with E-state index in [1.54, 1.807) is 12.5 Å². The standard InChI is InChI=1S/C12H19NO3/c1-12(2,11(14)15-4)9-13(3)7-10-5-6-16-8-10/h5-6,8H,7,9H2,1-4H3. The molecule has 1 aromatic rings. The summed E-state index contributed by atoms with van der Waals surface area (Å²) < 4.78 is 9.76. The molecule has 16 heavy (non-hydrogen) atoms. The first-order valence-corrected chi connectivity index (χ1v) is 5.24. The summed E-state index contributed by atoms with van der Waals surface area (Å²) in [6.45, 7) is 5.16. The van der Waals surface area contributed by atoms with Crippen molar-refractivity contribution in [3.8, 4) is 0 Å². The van der Waals surface area contributed by atoms with E-state index in [9.17, 15) is 4.79 Å². The number of carbonyl (C=O) groups is 1. The molecule has 0 aliphatic rings. The van der Waals surface area contributed by atoms with Crippen LogP contribution in [0.5, 0.6) is 0 Å². The van der Waals surface area contributed by atoms with E-state index in [-0.39, 0.29) is 5.97 Å². The number of methoxy groups -OCH3 is 1. The van der Waals surface area contributed by atoms with Gasteiger partial charge in [-0.05, 0) is 27.0 Å². The highest BCUT2D eigenvalue weighted by Crippen LogP contribution is 2.19. The molecule has 0 saturated heterocycles. The summed E-state index contributed by atoms with van der Waals surface area (Å²) in [6, 6.07) is 1.92. The molecule has 1 rings (SSSR count). The first-order valence-electron chi connectivity index (χ1n) is 5.24. The van der Waals surface area contributed by atoms with Gasteiger partial charge >= 0.3 is 5.97 Å². The van der Waals surface area contributed by atoms with Gasteiger partial charge in [0, 0.05) is 18.7 Å². The molecule has 0 amide bonds. The minimum atomic E-state index is -0.493. The van der Waals surface area contributed by atoms with E-state index in [4.69, 9.17) is 9.15 Å². The Bertz CT molecular complexity index is 330. The van der Waals surface area contributed by atoms with Crippen LogP contribution in [0, 0.1) is 5.41 Å². The van der Waals surface area contributed by atoms with Gasteiger partial charge in [-0.1, -0.05) is 0 Å². The number of hydrogen-bond acceptors (Lipinski definition) is 4. The summed E-state index contributed by atoms with van der Waals surface area (Å²) in [6.07, 6.45) is 3.36. The largest absolute Gasteiger partial charge is 0.472 e. The molecule has 0 saturated carbocycles. The molecule has 0 bridgehead atoms. The zero-order chi connectivity index (χ0) is 12.2. The van der Waals surface area contributed by atoms with Gasteiger partial charge in [-0.15, -0.1) is 0 Å². The summed E-state index contributed by atoms with van der Waals surface area (Å²) in [4.78, 5) is 13.6. The van der Waals surface area contributed by atoms with Crippen LogP contribution in [0.25, 0.3) is 0 Å². The monoisotopic (exact) mass is 225 g/mol. The second-order valence-corrected chi connectivity index (χ2v) is 4.68. The van der Waals surface area contributed by atoms with Crippen molar-refractivity contribution < 1.29 is 13.9 Å². The molecular weight excluding hydrogens is 206 g/mol. The van der Waals surface area contributed by atoms with Crippen LogP contribution >= 0.6 is 0 Å². The highest BCUT2D eigenvalue weighted by Gasteiger charge is 2.30. The molecule has 0 aliphatic heterocycles. The van der Waals surface area contributed by atoms with Crippen molar-refractivity contribution in [1.82, 2.24) is 4.90 Å². The number of rotatable bonds is 5. The average Bonchev–Trinajstić information content (AvgIpc) is 2.67. The third-order valence-electron chi connectivity index (χ3n) is 2.44. The van der Waals surface area contributed by atoms with Gasteiger partial charge in [0.05, 0.1) is 25.1 Å². The quantitative estimate of drug-likeness (QED) is 0.718. The van der Waals surface area contributed by atoms with Gasteiger partial charge in [0.15, 0.2) is 0 Å². The molecule has 0 atom stereocenters. The van der Waals surface area contributed by atoms with Gasteiger partial charge in [0.1, 0.15) is 0 Å². The average molecular weight is 225 g/mol. The van der Waals surface area contributed by atoms with Gasteiger partial charge in [0.25, 0.3) is 0 Å². The van der Waals surface area contributed by atoms with Crippen LogP contribution < -0.4 is 0 Å². The molecule has 0 aliphatic carbocycles. The van der Waals surface area contributed by atoms with Crippen LogP contribution in [0.15, 0.2) is 23.0 Å². The summed E-state index contributed by atoms with van der Waals surface area (Å²) >= 11 is 0. The van der Waals surface area contributed by atoms with Crippen LogP contribution in [0.3, 0.4) is 0 Å². The number of ether oxygens (including phenoxy) is 1. The summed E-state index contributed by atoms with van der Waals surface area (Å²) in [7, 11) is 3.39. The van der Waals surface area contributed by atoms with E-state index < -0.39 is 5.41 Å². The van der Waals surface area contributed by atoms with E-state index in [0.29, 0.717) is 6.54 Å². The summed E-state index contributed by atoms with van der Waals surface area (Å²) in [5.41, 5.74) is 0.607. The number of carbonyl (C=O) groups excluding carboxylic acids is 1. The normalized spacial score (nSPS) is 11.8. The van der Waals surface area contributed by atoms with Crippen molar-refractivity contribution in [3.63, 3.8) is 0 Å². The van der Waals surface area contributed by atoms with Gasteiger partial charge in [0.2, 0.25) is 0 Å². The van der Waals surface area contributed by atoms with E-state index in [2.05, 4.69) is 4.90 Å². The van der Waals surface area contributed by atoms with Crippen LogP contribution in [-0.4, -0.2) is 31.6 Å². The maximum Gasteiger partial charge on any atom is 0.312 e. The van der Waals surface area contributed by atoms with Crippen molar-refractivity contribution in [1.29, 1.82) is 0 Å². The fourth-order valence-electron chi connectivity index (χ4n) is 1.77. The second-order valence-electron chi connectivity index (χ2n) is 4.68. The van der Waals surface area contributed by atoms with Crippen molar-refractivity contribution in [3.05, 3.63) is 24.2 Å². The minimum Gasteiger partial charge on any atom is -0.472 e. The first-order chi connectivity index (χ1) is 7.45. The SMILES string of the molecule is COC(=O)C(C)(C)CN(C)Cc1ccoc1. The summed E-state index contributed by atoms with van der Waals surface area (Å²) in [5, 5.41) is 0. The fourth-order valence-corrected chi connectivity index (χ4v) is 1.77. The maximum atomic E-state index is 11.5. The third kappa shape index (κ3) is 3.38. The lowest BCUT2D eigenvalue weighted by atomic mass is 9.93. The third-order valence-corrected chi connectivity index (χ3v) is 2.44.